The average molecular weight is 463 g/mol. The van der Waals surface area contributed by atoms with Crippen molar-refractivity contribution in [1.82, 2.24) is 9.62 Å². The Labute approximate surface area is 186 Å². The van der Waals surface area contributed by atoms with Gasteiger partial charge in [0.2, 0.25) is 0 Å². The first kappa shape index (κ1) is 22.5. The van der Waals surface area contributed by atoms with Crippen LogP contribution in [-0.4, -0.2) is 24.7 Å². The van der Waals surface area contributed by atoms with Gasteiger partial charge in [0.25, 0.3) is 15.9 Å². The van der Waals surface area contributed by atoms with E-state index in [4.69, 9.17) is 11.6 Å². The van der Waals surface area contributed by atoms with Crippen LogP contribution < -0.4 is 5.32 Å². The van der Waals surface area contributed by atoms with E-state index in [9.17, 15) is 13.2 Å². The smallest absolute Gasteiger partial charge is 0.253 e. The third kappa shape index (κ3) is 5.49. The first-order valence-corrected chi connectivity index (χ1v) is 12.1. The molecule has 1 heterocycles. The molecule has 0 atom stereocenters. The molecule has 0 fully saturated rings. The SMILES string of the molecule is CC(C)N(Cc1ccccc1)S(=O)(=O)c1ccc(CNC(=O)c2ccc(Cl)cc2)s1. The van der Waals surface area contributed by atoms with E-state index < -0.39 is 10.0 Å². The van der Waals surface area contributed by atoms with Gasteiger partial charge >= 0.3 is 0 Å². The highest BCUT2D eigenvalue weighted by Crippen LogP contribution is 2.27. The minimum absolute atomic E-state index is 0.189. The molecule has 0 saturated carbocycles. The van der Waals surface area contributed by atoms with E-state index in [-0.39, 0.29) is 22.7 Å². The monoisotopic (exact) mass is 462 g/mol. The van der Waals surface area contributed by atoms with E-state index in [1.54, 1.807) is 36.4 Å². The van der Waals surface area contributed by atoms with Crippen molar-refractivity contribution < 1.29 is 13.2 Å². The van der Waals surface area contributed by atoms with Gasteiger partial charge in [-0.1, -0.05) is 41.9 Å². The molecule has 3 aromatic rings. The molecule has 1 N–H and O–H groups in total. The van der Waals surface area contributed by atoms with Gasteiger partial charge in [0.1, 0.15) is 4.21 Å². The molecule has 2 aromatic carbocycles. The van der Waals surface area contributed by atoms with Crippen LogP contribution in [0, 0.1) is 0 Å². The molecule has 0 radical (unpaired) electrons. The predicted molar refractivity (Wildman–Crippen MR) is 121 cm³/mol. The maximum Gasteiger partial charge on any atom is 0.253 e. The number of carbonyl (C=O) groups is 1. The standard InChI is InChI=1S/C22H23ClN2O3S2/c1-16(2)25(15-17-6-4-3-5-7-17)30(27,28)21-13-12-20(29-21)14-24-22(26)18-8-10-19(23)11-9-18/h3-13,16H,14-15H2,1-2H3,(H,24,26). The number of rotatable bonds is 8. The highest BCUT2D eigenvalue weighted by Gasteiger charge is 2.28. The maximum atomic E-state index is 13.2. The molecule has 1 aromatic heterocycles. The van der Waals surface area contributed by atoms with Gasteiger partial charge in [-0.25, -0.2) is 8.42 Å². The lowest BCUT2D eigenvalue weighted by molar-refractivity contribution is 0.0951. The van der Waals surface area contributed by atoms with Crippen molar-refractivity contribution in [3.63, 3.8) is 0 Å². The number of thiophene rings is 1. The molecule has 158 valence electrons. The second-order valence-corrected chi connectivity index (χ2v) is 10.8. The van der Waals surface area contributed by atoms with Gasteiger partial charge in [-0.05, 0) is 55.8 Å². The van der Waals surface area contributed by atoms with Crippen molar-refractivity contribution in [3.05, 3.63) is 87.8 Å². The second-order valence-electron chi connectivity index (χ2n) is 7.04. The minimum atomic E-state index is -3.65. The Kier molecular flexibility index (Phi) is 7.31. The molecule has 0 aliphatic heterocycles. The fourth-order valence-electron chi connectivity index (χ4n) is 2.89. The highest BCUT2D eigenvalue weighted by atomic mass is 35.5. The molecular formula is C22H23ClN2O3S2. The van der Waals surface area contributed by atoms with E-state index in [0.717, 1.165) is 10.4 Å². The normalized spacial score (nSPS) is 11.8. The van der Waals surface area contributed by atoms with Crippen LogP contribution in [-0.2, 0) is 23.1 Å². The summed E-state index contributed by atoms with van der Waals surface area (Å²) in [5, 5.41) is 3.37. The number of sulfonamides is 1. The molecule has 0 aliphatic rings. The van der Waals surface area contributed by atoms with Crippen molar-refractivity contribution >= 4 is 38.9 Å². The third-order valence-corrected chi connectivity index (χ3v) is 8.31. The quantitative estimate of drug-likeness (QED) is 0.516. The van der Waals surface area contributed by atoms with Crippen molar-refractivity contribution in [1.29, 1.82) is 0 Å². The van der Waals surface area contributed by atoms with E-state index in [2.05, 4.69) is 5.32 Å². The zero-order valence-electron chi connectivity index (χ0n) is 16.7. The summed E-state index contributed by atoms with van der Waals surface area (Å²) in [5.74, 6) is -0.239. The number of carbonyl (C=O) groups excluding carboxylic acids is 1. The Bertz CT molecular complexity index is 1090. The van der Waals surface area contributed by atoms with Gasteiger partial charge in [-0.3, -0.25) is 4.79 Å². The maximum absolute atomic E-state index is 13.2. The van der Waals surface area contributed by atoms with Crippen LogP contribution in [0.25, 0.3) is 0 Å². The first-order valence-electron chi connectivity index (χ1n) is 9.45. The van der Waals surface area contributed by atoms with Crippen LogP contribution in [0.15, 0.2) is 70.9 Å². The average Bonchev–Trinajstić information content (AvgIpc) is 3.21. The number of benzene rings is 2. The zero-order valence-corrected chi connectivity index (χ0v) is 19.1. The summed E-state index contributed by atoms with van der Waals surface area (Å²) >= 11 is 7.01. The molecule has 0 bridgehead atoms. The van der Waals surface area contributed by atoms with E-state index in [0.29, 0.717) is 17.1 Å². The van der Waals surface area contributed by atoms with Gasteiger partial charge in [0, 0.05) is 28.0 Å². The Balaban J connectivity index is 1.71. The summed E-state index contributed by atoms with van der Waals surface area (Å²) < 4.78 is 28.2. The molecular weight excluding hydrogens is 440 g/mol. The Hall–Kier alpha value is -2.19. The van der Waals surface area contributed by atoms with Crippen LogP contribution >= 0.6 is 22.9 Å². The summed E-state index contributed by atoms with van der Waals surface area (Å²) in [5.41, 5.74) is 1.43. The van der Waals surface area contributed by atoms with E-state index in [1.165, 1.54) is 15.6 Å². The molecule has 0 aliphatic carbocycles. The summed E-state index contributed by atoms with van der Waals surface area (Å²) in [6.45, 7) is 4.28. The lowest BCUT2D eigenvalue weighted by Crippen LogP contribution is -2.36. The van der Waals surface area contributed by atoms with Crippen molar-refractivity contribution in [2.75, 3.05) is 0 Å². The lowest BCUT2D eigenvalue weighted by Gasteiger charge is -2.25. The Morgan fingerprint density at radius 1 is 1.03 bits per heavy atom. The third-order valence-electron chi connectivity index (χ3n) is 4.49. The van der Waals surface area contributed by atoms with Crippen LogP contribution in [0.2, 0.25) is 5.02 Å². The highest BCUT2D eigenvalue weighted by molar-refractivity contribution is 7.91. The molecule has 1 amide bonds. The second kappa shape index (κ2) is 9.75. The van der Waals surface area contributed by atoms with Gasteiger partial charge in [0.05, 0.1) is 6.54 Å². The molecule has 30 heavy (non-hydrogen) atoms. The molecule has 0 unspecified atom stereocenters. The predicted octanol–water partition coefficient (Wildman–Crippen LogP) is 4.93. The number of nitrogens with zero attached hydrogens (tertiary/aromatic N) is 1. The molecule has 5 nitrogen and oxygen atoms in total. The molecule has 8 heteroatoms. The van der Waals surface area contributed by atoms with Crippen LogP contribution in [0.1, 0.15) is 34.6 Å². The largest absolute Gasteiger partial charge is 0.347 e. The van der Waals surface area contributed by atoms with Gasteiger partial charge in [0.15, 0.2) is 0 Å². The summed E-state index contributed by atoms with van der Waals surface area (Å²) in [7, 11) is -3.65. The number of hydrogen-bond donors (Lipinski definition) is 1. The molecule has 0 saturated heterocycles. The van der Waals surface area contributed by atoms with E-state index in [1.807, 2.05) is 44.2 Å². The number of nitrogens with one attached hydrogen (secondary N) is 1. The van der Waals surface area contributed by atoms with Crippen LogP contribution in [0.3, 0.4) is 0 Å². The first-order chi connectivity index (χ1) is 14.3. The minimum Gasteiger partial charge on any atom is -0.347 e. The van der Waals surface area contributed by atoms with Crippen LogP contribution in [0.4, 0.5) is 0 Å². The molecule has 0 spiro atoms. The zero-order chi connectivity index (χ0) is 21.7. The van der Waals surface area contributed by atoms with Crippen molar-refractivity contribution in [3.8, 4) is 0 Å². The Morgan fingerprint density at radius 2 is 1.70 bits per heavy atom. The van der Waals surface area contributed by atoms with Gasteiger partial charge in [-0.15, -0.1) is 11.3 Å². The summed E-state index contributed by atoms with van der Waals surface area (Å²) in [6.07, 6.45) is 0. The van der Waals surface area contributed by atoms with Gasteiger partial charge in [-0.2, -0.15) is 4.31 Å². The summed E-state index contributed by atoms with van der Waals surface area (Å²) in [4.78, 5) is 13.0. The topological polar surface area (TPSA) is 66.5 Å². The number of halogens is 1. The van der Waals surface area contributed by atoms with Gasteiger partial charge < -0.3 is 5.32 Å². The lowest BCUT2D eigenvalue weighted by atomic mass is 10.2. The van der Waals surface area contributed by atoms with E-state index >= 15 is 0 Å². The fraction of sp³-hybridized carbons (Fsp3) is 0.227. The Morgan fingerprint density at radius 3 is 2.33 bits per heavy atom. The van der Waals surface area contributed by atoms with Crippen molar-refractivity contribution in [2.45, 2.75) is 37.2 Å². The number of amides is 1. The number of hydrogen-bond acceptors (Lipinski definition) is 4. The molecule has 3 rings (SSSR count). The van der Waals surface area contributed by atoms with Crippen LogP contribution in [0.5, 0.6) is 0 Å². The summed E-state index contributed by atoms with van der Waals surface area (Å²) in [6, 6.07) is 19.3. The van der Waals surface area contributed by atoms with Crippen molar-refractivity contribution in [2.24, 2.45) is 0 Å². The fourth-order valence-corrected chi connectivity index (χ4v) is 6.06.